The topological polar surface area (TPSA) is 92.8 Å². The molecular weight excluding hydrogens is 392 g/mol. The van der Waals surface area contributed by atoms with Gasteiger partial charge in [-0.2, -0.15) is 0 Å². The molecule has 2 N–H and O–H groups in total. The Bertz CT molecular complexity index is 856. The number of hydrogen-bond donors (Lipinski definition) is 2. The number of alkyl carbamates (subject to hydrolysis) is 1. The molecule has 9 heteroatoms. The van der Waals surface area contributed by atoms with E-state index in [1.54, 1.807) is 20.8 Å². The SMILES string of the molecule is CC(C)(C)OC(=O)NCC(=O)Nc1nc(-c2cccc(N3CCOCC3)c2)cs1. The smallest absolute Gasteiger partial charge is 0.408 e. The lowest BCUT2D eigenvalue weighted by molar-refractivity contribution is -0.115. The first-order valence-corrected chi connectivity index (χ1v) is 10.3. The fourth-order valence-electron chi connectivity index (χ4n) is 2.78. The van der Waals surface area contributed by atoms with Crippen LogP contribution in [-0.4, -0.2) is 55.4 Å². The second kappa shape index (κ2) is 9.23. The van der Waals surface area contributed by atoms with Crippen LogP contribution in [0.3, 0.4) is 0 Å². The Morgan fingerprint density at radius 3 is 2.76 bits per heavy atom. The third-order valence-electron chi connectivity index (χ3n) is 4.06. The third kappa shape index (κ3) is 6.43. The number of anilines is 2. The molecule has 2 amide bonds. The van der Waals surface area contributed by atoms with Gasteiger partial charge in [-0.3, -0.25) is 4.79 Å². The van der Waals surface area contributed by atoms with E-state index in [0.717, 1.165) is 43.2 Å². The highest BCUT2D eigenvalue weighted by molar-refractivity contribution is 7.14. The van der Waals surface area contributed by atoms with Crippen LogP contribution in [0.25, 0.3) is 11.3 Å². The van der Waals surface area contributed by atoms with E-state index in [0.29, 0.717) is 5.13 Å². The predicted molar refractivity (Wildman–Crippen MR) is 113 cm³/mol. The molecule has 0 aliphatic carbocycles. The summed E-state index contributed by atoms with van der Waals surface area (Å²) in [6.07, 6.45) is -0.632. The molecule has 2 aromatic rings. The minimum atomic E-state index is -0.632. The number of morpholine rings is 1. The predicted octanol–water partition coefficient (Wildman–Crippen LogP) is 3.11. The molecule has 3 rings (SSSR count). The first kappa shape index (κ1) is 21.1. The maximum absolute atomic E-state index is 12.1. The van der Waals surface area contributed by atoms with Crippen molar-refractivity contribution >= 4 is 34.2 Å². The molecular formula is C20H26N4O4S. The zero-order valence-electron chi connectivity index (χ0n) is 16.9. The number of rotatable bonds is 5. The number of aromatic nitrogens is 1. The Morgan fingerprint density at radius 1 is 1.28 bits per heavy atom. The average Bonchev–Trinajstić information content (AvgIpc) is 3.14. The van der Waals surface area contributed by atoms with Crippen LogP contribution in [0.2, 0.25) is 0 Å². The molecule has 29 heavy (non-hydrogen) atoms. The van der Waals surface area contributed by atoms with Crippen molar-refractivity contribution in [3.05, 3.63) is 29.6 Å². The van der Waals surface area contributed by atoms with Gasteiger partial charge in [0.25, 0.3) is 0 Å². The number of nitrogens with zero attached hydrogens (tertiary/aromatic N) is 2. The van der Waals surface area contributed by atoms with E-state index in [2.05, 4.69) is 32.7 Å². The summed E-state index contributed by atoms with van der Waals surface area (Å²) in [7, 11) is 0. The highest BCUT2D eigenvalue weighted by atomic mass is 32.1. The molecule has 1 aliphatic heterocycles. The number of carbonyl (C=O) groups is 2. The highest BCUT2D eigenvalue weighted by Crippen LogP contribution is 2.28. The van der Waals surface area contributed by atoms with E-state index in [-0.39, 0.29) is 12.5 Å². The summed E-state index contributed by atoms with van der Waals surface area (Å²) in [6.45, 7) is 8.30. The van der Waals surface area contributed by atoms with Crippen LogP contribution >= 0.6 is 11.3 Å². The van der Waals surface area contributed by atoms with Gasteiger partial charge in [0.1, 0.15) is 12.1 Å². The van der Waals surface area contributed by atoms with E-state index in [4.69, 9.17) is 9.47 Å². The van der Waals surface area contributed by atoms with E-state index >= 15 is 0 Å². The molecule has 0 spiro atoms. The van der Waals surface area contributed by atoms with Crippen LogP contribution in [0.5, 0.6) is 0 Å². The number of thiazole rings is 1. The van der Waals surface area contributed by atoms with Crippen molar-refractivity contribution < 1.29 is 19.1 Å². The molecule has 1 fully saturated rings. The van der Waals surface area contributed by atoms with E-state index in [1.807, 2.05) is 17.5 Å². The monoisotopic (exact) mass is 418 g/mol. The van der Waals surface area contributed by atoms with Crippen molar-refractivity contribution in [1.29, 1.82) is 0 Å². The van der Waals surface area contributed by atoms with Gasteiger partial charge in [0.2, 0.25) is 5.91 Å². The number of nitrogens with one attached hydrogen (secondary N) is 2. The van der Waals surface area contributed by atoms with Crippen molar-refractivity contribution in [2.75, 3.05) is 43.1 Å². The third-order valence-corrected chi connectivity index (χ3v) is 4.82. The number of hydrogen-bond acceptors (Lipinski definition) is 7. The summed E-state index contributed by atoms with van der Waals surface area (Å²) in [4.78, 5) is 30.5. The standard InChI is InChI=1S/C20H26N4O4S/c1-20(2,3)28-19(26)21-12-17(25)23-18-22-16(13-29-18)14-5-4-6-15(11-14)24-7-9-27-10-8-24/h4-6,11,13H,7-10,12H2,1-3H3,(H,21,26)(H,22,23,25). The van der Waals surface area contributed by atoms with Gasteiger partial charge in [-0.15, -0.1) is 11.3 Å². The lowest BCUT2D eigenvalue weighted by atomic mass is 10.1. The Labute approximate surface area is 174 Å². The molecule has 1 aromatic heterocycles. The van der Waals surface area contributed by atoms with Crippen molar-refractivity contribution in [2.45, 2.75) is 26.4 Å². The van der Waals surface area contributed by atoms with E-state index in [1.165, 1.54) is 11.3 Å². The summed E-state index contributed by atoms with van der Waals surface area (Å²) in [5.74, 6) is -0.362. The largest absolute Gasteiger partial charge is 0.444 e. The second-order valence-electron chi connectivity index (χ2n) is 7.59. The van der Waals surface area contributed by atoms with Crippen molar-refractivity contribution in [1.82, 2.24) is 10.3 Å². The van der Waals surface area contributed by atoms with Crippen LogP contribution in [0.4, 0.5) is 15.6 Å². The molecule has 156 valence electrons. The summed E-state index contributed by atoms with van der Waals surface area (Å²) in [5.41, 5.74) is 2.30. The Hall–Kier alpha value is -2.65. The fourth-order valence-corrected chi connectivity index (χ4v) is 3.51. The maximum atomic E-state index is 12.1. The van der Waals surface area contributed by atoms with Crippen molar-refractivity contribution in [3.8, 4) is 11.3 Å². The van der Waals surface area contributed by atoms with E-state index in [9.17, 15) is 9.59 Å². The average molecular weight is 419 g/mol. The van der Waals surface area contributed by atoms with Gasteiger partial charge in [-0.25, -0.2) is 9.78 Å². The van der Waals surface area contributed by atoms with Crippen molar-refractivity contribution in [3.63, 3.8) is 0 Å². The van der Waals surface area contributed by atoms with Crippen molar-refractivity contribution in [2.24, 2.45) is 0 Å². The first-order chi connectivity index (χ1) is 13.8. The summed E-state index contributed by atoms with van der Waals surface area (Å²) in [5, 5.41) is 7.51. The van der Waals surface area contributed by atoms with Gasteiger partial charge in [0, 0.05) is 29.7 Å². The molecule has 2 heterocycles. The molecule has 0 bridgehead atoms. The van der Waals surface area contributed by atoms with Crippen LogP contribution in [-0.2, 0) is 14.3 Å². The van der Waals surface area contributed by atoms with Crippen LogP contribution < -0.4 is 15.5 Å². The van der Waals surface area contributed by atoms with Crippen LogP contribution in [0.1, 0.15) is 20.8 Å². The molecule has 1 aliphatic rings. The molecule has 0 unspecified atom stereocenters. The number of carbonyl (C=O) groups excluding carboxylic acids is 2. The Morgan fingerprint density at radius 2 is 2.03 bits per heavy atom. The van der Waals surface area contributed by atoms with Crippen LogP contribution in [0.15, 0.2) is 29.6 Å². The zero-order chi connectivity index (χ0) is 20.9. The summed E-state index contributed by atoms with van der Waals surface area (Å²) < 4.78 is 10.5. The number of ether oxygens (including phenoxy) is 2. The molecule has 0 atom stereocenters. The molecule has 0 radical (unpaired) electrons. The lowest BCUT2D eigenvalue weighted by Crippen LogP contribution is -2.37. The van der Waals surface area contributed by atoms with Crippen LogP contribution in [0, 0.1) is 0 Å². The quantitative estimate of drug-likeness (QED) is 0.775. The number of amides is 2. The second-order valence-corrected chi connectivity index (χ2v) is 8.45. The fraction of sp³-hybridized carbons (Fsp3) is 0.450. The zero-order valence-corrected chi connectivity index (χ0v) is 17.7. The van der Waals surface area contributed by atoms with Gasteiger partial charge in [-0.05, 0) is 32.9 Å². The van der Waals surface area contributed by atoms with Gasteiger partial charge >= 0.3 is 6.09 Å². The Kier molecular flexibility index (Phi) is 6.71. The van der Waals surface area contributed by atoms with Gasteiger partial charge in [0.05, 0.1) is 18.9 Å². The molecule has 0 saturated carbocycles. The number of benzene rings is 1. The van der Waals surface area contributed by atoms with Gasteiger partial charge < -0.3 is 25.0 Å². The molecule has 8 nitrogen and oxygen atoms in total. The minimum Gasteiger partial charge on any atom is -0.444 e. The lowest BCUT2D eigenvalue weighted by Gasteiger charge is -2.29. The summed E-state index contributed by atoms with van der Waals surface area (Å²) in [6, 6.07) is 8.17. The van der Waals surface area contributed by atoms with Gasteiger partial charge in [-0.1, -0.05) is 12.1 Å². The molecule has 1 saturated heterocycles. The highest BCUT2D eigenvalue weighted by Gasteiger charge is 2.17. The minimum absolute atomic E-state index is 0.184. The first-order valence-electron chi connectivity index (χ1n) is 9.45. The summed E-state index contributed by atoms with van der Waals surface area (Å²) >= 11 is 1.34. The molecule has 1 aromatic carbocycles. The Balaban J connectivity index is 1.56. The van der Waals surface area contributed by atoms with Gasteiger partial charge in [0.15, 0.2) is 5.13 Å². The normalized spacial score (nSPS) is 14.4. The maximum Gasteiger partial charge on any atom is 0.408 e. The van der Waals surface area contributed by atoms with E-state index < -0.39 is 11.7 Å².